The molecular formula is C18H18BrN3O2. The summed E-state index contributed by atoms with van der Waals surface area (Å²) in [5, 5.41) is 7.48. The third-order valence-electron chi connectivity index (χ3n) is 3.93. The Hall–Kier alpha value is -2.34. The van der Waals surface area contributed by atoms with Crippen LogP contribution in [0, 0.1) is 13.8 Å². The lowest BCUT2D eigenvalue weighted by Crippen LogP contribution is -2.23. The number of hydrogen-bond donors (Lipinski definition) is 1. The maximum atomic E-state index is 12.1. The molecule has 6 heteroatoms. The van der Waals surface area contributed by atoms with Crippen LogP contribution in [-0.2, 0) is 13.1 Å². The first-order chi connectivity index (χ1) is 11.5. The number of furan rings is 1. The van der Waals surface area contributed by atoms with Crippen molar-refractivity contribution in [1.82, 2.24) is 15.1 Å². The summed E-state index contributed by atoms with van der Waals surface area (Å²) in [5.41, 5.74) is 4.20. The first kappa shape index (κ1) is 16.5. The quantitative estimate of drug-likeness (QED) is 0.723. The molecule has 0 bridgehead atoms. The molecule has 0 unspecified atom stereocenters. The zero-order chi connectivity index (χ0) is 17.1. The Kier molecular flexibility index (Phi) is 4.85. The van der Waals surface area contributed by atoms with Gasteiger partial charge >= 0.3 is 0 Å². The first-order valence-corrected chi connectivity index (χ1v) is 8.44. The SMILES string of the molecule is Cc1nn(Cc2ccccc2)c(C)c1CNC(=O)c1ccc(Br)o1. The van der Waals surface area contributed by atoms with Gasteiger partial charge < -0.3 is 9.73 Å². The Labute approximate surface area is 148 Å². The summed E-state index contributed by atoms with van der Waals surface area (Å²) >= 11 is 3.19. The fourth-order valence-corrected chi connectivity index (χ4v) is 2.90. The van der Waals surface area contributed by atoms with Gasteiger partial charge in [0.15, 0.2) is 10.4 Å². The number of nitrogens with one attached hydrogen (secondary N) is 1. The van der Waals surface area contributed by atoms with Crippen molar-refractivity contribution in [1.29, 1.82) is 0 Å². The van der Waals surface area contributed by atoms with Crippen LogP contribution in [0.4, 0.5) is 0 Å². The monoisotopic (exact) mass is 387 g/mol. The molecule has 0 fully saturated rings. The molecule has 0 aliphatic heterocycles. The lowest BCUT2D eigenvalue weighted by atomic mass is 10.2. The van der Waals surface area contributed by atoms with Gasteiger partial charge in [-0.1, -0.05) is 30.3 Å². The molecule has 0 aliphatic carbocycles. The minimum atomic E-state index is -0.240. The molecule has 0 aliphatic rings. The van der Waals surface area contributed by atoms with Crippen molar-refractivity contribution in [3.8, 4) is 0 Å². The van der Waals surface area contributed by atoms with Gasteiger partial charge in [-0.3, -0.25) is 9.48 Å². The van der Waals surface area contributed by atoms with E-state index < -0.39 is 0 Å². The maximum absolute atomic E-state index is 12.1. The van der Waals surface area contributed by atoms with E-state index in [1.54, 1.807) is 12.1 Å². The van der Waals surface area contributed by atoms with Crippen LogP contribution in [0.3, 0.4) is 0 Å². The molecule has 0 radical (unpaired) electrons. The predicted octanol–water partition coefficient (Wildman–Crippen LogP) is 3.83. The number of rotatable bonds is 5. The Bertz CT molecular complexity index is 853. The van der Waals surface area contributed by atoms with Gasteiger partial charge in [0, 0.05) is 17.8 Å². The zero-order valence-electron chi connectivity index (χ0n) is 13.5. The van der Waals surface area contributed by atoms with Crippen molar-refractivity contribution in [3.05, 3.63) is 75.4 Å². The molecule has 1 N–H and O–H groups in total. The third kappa shape index (κ3) is 3.59. The highest BCUT2D eigenvalue weighted by atomic mass is 79.9. The van der Waals surface area contributed by atoms with Gasteiger partial charge in [0.05, 0.1) is 12.2 Å². The fourth-order valence-electron chi connectivity index (χ4n) is 2.59. The molecule has 124 valence electrons. The molecule has 0 saturated heterocycles. The van der Waals surface area contributed by atoms with E-state index in [0.717, 1.165) is 17.0 Å². The van der Waals surface area contributed by atoms with Crippen LogP contribution >= 0.6 is 15.9 Å². The molecular weight excluding hydrogens is 370 g/mol. The Morgan fingerprint density at radius 2 is 1.96 bits per heavy atom. The molecule has 2 aromatic heterocycles. The van der Waals surface area contributed by atoms with Crippen molar-refractivity contribution in [2.24, 2.45) is 0 Å². The molecule has 24 heavy (non-hydrogen) atoms. The molecule has 0 saturated carbocycles. The fraction of sp³-hybridized carbons (Fsp3) is 0.222. The average Bonchev–Trinajstić information content (AvgIpc) is 3.11. The van der Waals surface area contributed by atoms with Gasteiger partial charge in [-0.2, -0.15) is 5.10 Å². The van der Waals surface area contributed by atoms with Crippen LogP contribution in [0.1, 0.15) is 33.1 Å². The van der Waals surface area contributed by atoms with Crippen LogP contribution in [-0.4, -0.2) is 15.7 Å². The molecule has 0 atom stereocenters. The van der Waals surface area contributed by atoms with E-state index in [9.17, 15) is 4.79 Å². The number of aromatic nitrogens is 2. The molecule has 0 spiro atoms. The van der Waals surface area contributed by atoms with Gasteiger partial charge in [0.2, 0.25) is 0 Å². The summed E-state index contributed by atoms with van der Waals surface area (Å²) in [6.45, 7) is 5.11. The summed E-state index contributed by atoms with van der Waals surface area (Å²) in [6.07, 6.45) is 0. The van der Waals surface area contributed by atoms with Gasteiger partial charge in [0.1, 0.15) is 0 Å². The maximum Gasteiger partial charge on any atom is 0.287 e. The smallest absolute Gasteiger partial charge is 0.287 e. The van der Waals surface area contributed by atoms with E-state index in [1.165, 1.54) is 5.56 Å². The summed E-state index contributed by atoms with van der Waals surface area (Å²) in [6, 6.07) is 13.5. The van der Waals surface area contributed by atoms with Crippen molar-refractivity contribution in [3.63, 3.8) is 0 Å². The topological polar surface area (TPSA) is 60.1 Å². The second-order valence-corrected chi connectivity index (χ2v) is 6.36. The van der Waals surface area contributed by atoms with E-state index >= 15 is 0 Å². The zero-order valence-corrected chi connectivity index (χ0v) is 15.1. The van der Waals surface area contributed by atoms with E-state index in [4.69, 9.17) is 4.42 Å². The Balaban J connectivity index is 1.71. The molecule has 5 nitrogen and oxygen atoms in total. The number of nitrogens with zero attached hydrogens (tertiary/aromatic N) is 2. The molecule has 3 rings (SSSR count). The van der Waals surface area contributed by atoms with Crippen LogP contribution in [0.2, 0.25) is 0 Å². The summed E-state index contributed by atoms with van der Waals surface area (Å²) in [7, 11) is 0. The molecule has 3 aromatic rings. The summed E-state index contributed by atoms with van der Waals surface area (Å²) in [4.78, 5) is 12.1. The number of carbonyl (C=O) groups is 1. The van der Waals surface area contributed by atoms with Gasteiger partial charge in [-0.25, -0.2) is 0 Å². The summed E-state index contributed by atoms with van der Waals surface area (Å²) < 4.78 is 7.77. The van der Waals surface area contributed by atoms with E-state index in [2.05, 4.69) is 38.5 Å². The predicted molar refractivity (Wildman–Crippen MR) is 94.8 cm³/mol. The standard InChI is InChI=1S/C18H18BrN3O2/c1-12-15(10-20-18(23)16-8-9-17(19)24-16)13(2)22(21-12)11-14-6-4-3-5-7-14/h3-9H,10-11H2,1-2H3,(H,20,23). The highest BCUT2D eigenvalue weighted by Gasteiger charge is 2.15. The molecule has 1 amide bonds. The minimum absolute atomic E-state index is 0.240. The molecule has 2 heterocycles. The second kappa shape index (κ2) is 7.05. The number of aryl methyl sites for hydroxylation is 1. The third-order valence-corrected chi connectivity index (χ3v) is 4.36. The number of amides is 1. The normalized spacial score (nSPS) is 10.8. The van der Waals surface area contributed by atoms with Gasteiger partial charge in [-0.05, 0) is 47.5 Å². The van der Waals surface area contributed by atoms with E-state index in [-0.39, 0.29) is 11.7 Å². The number of benzene rings is 1. The number of halogens is 1. The number of hydrogen-bond acceptors (Lipinski definition) is 3. The lowest BCUT2D eigenvalue weighted by Gasteiger charge is -2.06. The van der Waals surface area contributed by atoms with Crippen LogP contribution in [0.15, 0.2) is 51.6 Å². The highest BCUT2D eigenvalue weighted by Crippen LogP contribution is 2.16. The average molecular weight is 388 g/mol. The lowest BCUT2D eigenvalue weighted by molar-refractivity contribution is 0.0922. The Morgan fingerprint density at radius 1 is 1.21 bits per heavy atom. The van der Waals surface area contributed by atoms with Crippen LogP contribution < -0.4 is 5.32 Å². The van der Waals surface area contributed by atoms with E-state index in [0.29, 0.717) is 17.8 Å². The highest BCUT2D eigenvalue weighted by molar-refractivity contribution is 9.10. The minimum Gasteiger partial charge on any atom is -0.444 e. The van der Waals surface area contributed by atoms with Crippen molar-refractivity contribution >= 4 is 21.8 Å². The van der Waals surface area contributed by atoms with Crippen molar-refractivity contribution in [2.45, 2.75) is 26.9 Å². The molecule has 1 aromatic carbocycles. The van der Waals surface area contributed by atoms with E-state index in [1.807, 2.05) is 36.7 Å². The largest absolute Gasteiger partial charge is 0.444 e. The number of carbonyl (C=O) groups excluding carboxylic acids is 1. The summed E-state index contributed by atoms with van der Waals surface area (Å²) in [5.74, 6) is 0.0455. The van der Waals surface area contributed by atoms with Gasteiger partial charge in [0.25, 0.3) is 5.91 Å². The second-order valence-electron chi connectivity index (χ2n) is 5.58. The van der Waals surface area contributed by atoms with Gasteiger partial charge in [-0.15, -0.1) is 0 Å². The van der Waals surface area contributed by atoms with Crippen molar-refractivity contribution < 1.29 is 9.21 Å². The van der Waals surface area contributed by atoms with Crippen molar-refractivity contribution in [2.75, 3.05) is 0 Å². The van der Waals surface area contributed by atoms with Crippen LogP contribution in [0.25, 0.3) is 0 Å². The van der Waals surface area contributed by atoms with Crippen LogP contribution in [0.5, 0.6) is 0 Å². The first-order valence-electron chi connectivity index (χ1n) is 7.65. The Morgan fingerprint density at radius 3 is 2.62 bits per heavy atom.